The van der Waals surface area contributed by atoms with E-state index in [2.05, 4.69) is 15.9 Å². The van der Waals surface area contributed by atoms with Crippen LogP contribution in [0.1, 0.15) is 40.4 Å². The molecule has 1 aromatic heterocycles. The van der Waals surface area contributed by atoms with Crippen molar-refractivity contribution in [3.8, 4) is 0 Å². The Morgan fingerprint density at radius 2 is 1.86 bits per heavy atom. The SMILES string of the molecule is Cc1oc(C)c(C(=O)N(C)C(C)c2ccc(F)c(F)c2)c1Br. The van der Waals surface area contributed by atoms with Gasteiger partial charge in [0.15, 0.2) is 11.6 Å². The van der Waals surface area contributed by atoms with E-state index < -0.39 is 17.7 Å². The molecule has 118 valence electrons. The molecule has 1 aromatic carbocycles. The minimum absolute atomic E-state index is 0.251. The van der Waals surface area contributed by atoms with E-state index in [-0.39, 0.29) is 5.91 Å². The van der Waals surface area contributed by atoms with E-state index in [0.717, 1.165) is 12.1 Å². The normalized spacial score (nSPS) is 12.3. The smallest absolute Gasteiger partial charge is 0.258 e. The van der Waals surface area contributed by atoms with Gasteiger partial charge in [-0.25, -0.2) is 8.78 Å². The van der Waals surface area contributed by atoms with E-state index in [9.17, 15) is 13.6 Å². The van der Waals surface area contributed by atoms with Gasteiger partial charge in [0.1, 0.15) is 11.5 Å². The number of hydrogen-bond donors (Lipinski definition) is 0. The number of aryl methyl sites for hydroxylation is 2. The number of rotatable bonds is 3. The second-order valence-corrected chi connectivity index (χ2v) is 5.96. The summed E-state index contributed by atoms with van der Waals surface area (Å²) < 4.78 is 32.4. The first-order chi connectivity index (χ1) is 10.2. The summed E-state index contributed by atoms with van der Waals surface area (Å²) in [6.07, 6.45) is 0. The molecule has 1 atom stereocenters. The van der Waals surface area contributed by atoms with Crippen LogP contribution in [0.5, 0.6) is 0 Å². The average molecular weight is 372 g/mol. The van der Waals surface area contributed by atoms with Crippen molar-refractivity contribution in [1.29, 1.82) is 0 Å². The molecular weight excluding hydrogens is 356 g/mol. The van der Waals surface area contributed by atoms with Gasteiger partial charge >= 0.3 is 0 Å². The summed E-state index contributed by atoms with van der Waals surface area (Å²) in [5.41, 5.74) is 0.957. The number of furan rings is 1. The Balaban J connectivity index is 2.31. The third kappa shape index (κ3) is 2.92. The molecule has 0 N–H and O–H groups in total. The minimum atomic E-state index is -0.929. The summed E-state index contributed by atoms with van der Waals surface area (Å²) in [5.74, 6) is -0.956. The van der Waals surface area contributed by atoms with Crippen molar-refractivity contribution in [2.45, 2.75) is 26.8 Å². The fourth-order valence-electron chi connectivity index (χ4n) is 2.25. The Hall–Kier alpha value is -1.69. The van der Waals surface area contributed by atoms with E-state index >= 15 is 0 Å². The fraction of sp³-hybridized carbons (Fsp3) is 0.312. The van der Waals surface area contributed by atoms with Gasteiger partial charge in [0.2, 0.25) is 0 Å². The zero-order valence-corrected chi connectivity index (χ0v) is 14.3. The molecule has 1 heterocycles. The molecule has 1 amide bonds. The molecule has 2 aromatic rings. The highest BCUT2D eigenvalue weighted by molar-refractivity contribution is 9.10. The van der Waals surface area contributed by atoms with Gasteiger partial charge in [-0.2, -0.15) is 0 Å². The van der Waals surface area contributed by atoms with Crippen LogP contribution in [0.4, 0.5) is 8.78 Å². The van der Waals surface area contributed by atoms with Gasteiger partial charge < -0.3 is 9.32 Å². The summed E-state index contributed by atoms with van der Waals surface area (Å²) in [6, 6.07) is 3.22. The highest BCUT2D eigenvalue weighted by atomic mass is 79.9. The number of carbonyl (C=O) groups is 1. The third-order valence-corrected chi connectivity index (χ3v) is 4.68. The van der Waals surface area contributed by atoms with Crippen LogP contribution in [0.3, 0.4) is 0 Å². The summed E-state index contributed by atoms with van der Waals surface area (Å²) >= 11 is 3.35. The number of hydrogen-bond acceptors (Lipinski definition) is 2. The van der Waals surface area contributed by atoms with Crippen molar-refractivity contribution < 1.29 is 18.0 Å². The Labute approximate surface area is 136 Å². The molecule has 6 heteroatoms. The lowest BCUT2D eigenvalue weighted by Crippen LogP contribution is -2.30. The molecule has 0 saturated heterocycles. The Kier molecular flexibility index (Phi) is 4.70. The first-order valence-electron chi connectivity index (χ1n) is 6.71. The predicted molar refractivity (Wildman–Crippen MR) is 82.7 cm³/mol. The summed E-state index contributed by atoms with van der Waals surface area (Å²) in [5, 5.41) is 0. The van der Waals surface area contributed by atoms with Gasteiger partial charge in [-0.15, -0.1) is 0 Å². The van der Waals surface area contributed by atoms with E-state index in [1.54, 1.807) is 27.8 Å². The van der Waals surface area contributed by atoms with Crippen LogP contribution in [-0.4, -0.2) is 17.9 Å². The quantitative estimate of drug-likeness (QED) is 0.778. The maximum Gasteiger partial charge on any atom is 0.258 e. The van der Waals surface area contributed by atoms with E-state index in [1.165, 1.54) is 11.0 Å². The molecule has 0 spiro atoms. The molecule has 1 unspecified atom stereocenters. The maximum absolute atomic E-state index is 13.4. The molecule has 3 nitrogen and oxygen atoms in total. The lowest BCUT2D eigenvalue weighted by molar-refractivity contribution is 0.0739. The second-order valence-electron chi connectivity index (χ2n) is 5.17. The lowest BCUT2D eigenvalue weighted by atomic mass is 10.1. The molecular formula is C16H16BrF2NO2. The van der Waals surface area contributed by atoms with Crippen molar-refractivity contribution in [1.82, 2.24) is 4.90 Å². The van der Waals surface area contributed by atoms with Crippen LogP contribution < -0.4 is 0 Å². The number of carbonyl (C=O) groups excluding carboxylic acids is 1. The van der Waals surface area contributed by atoms with Gasteiger partial charge in [-0.1, -0.05) is 6.07 Å². The van der Waals surface area contributed by atoms with Crippen molar-refractivity contribution >= 4 is 21.8 Å². The van der Waals surface area contributed by atoms with Crippen molar-refractivity contribution in [2.75, 3.05) is 7.05 Å². The summed E-state index contributed by atoms with van der Waals surface area (Å²) in [4.78, 5) is 14.1. The molecule has 0 radical (unpaired) electrons. The third-order valence-electron chi connectivity index (χ3n) is 3.73. The molecule has 0 saturated carbocycles. The van der Waals surface area contributed by atoms with E-state index in [0.29, 0.717) is 27.1 Å². The Morgan fingerprint density at radius 1 is 1.23 bits per heavy atom. The number of nitrogens with zero attached hydrogens (tertiary/aromatic N) is 1. The Morgan fingerprint density at radius 3 is 2.36 bits per heavy atom. The molecule has 0 aliphatic heterocycles. The van der Waals surface area contributed by atoms with Crippen molar-refractivity contribution in [3.63, 3.8) is 0 Å². The maximum atomic E-state index is 13.4. The second kappa shape index (κ2) is 6.20. The standard InChI is InChI=1S/C16H16BrF2NO2/c1-8(11-5-6-12(18)13(19)7-11)20(4)16(21)14-9(2)22-10(3)15(14)17/h5-8H,1-4H3. The number of benzene rings is 1. The van der Waals surface area contributed by atoms with Crippen LogP contribution in [-0.2, 0) is 0 Å². The Bertz CT molecular complexity index is 727. The highest BCUT2D eigenvalue weighted by Gasteiger charge is 2.26. The van der Waals surface area contributed by atoms with Gasteiger partial charge in [0.05, 0.1) is 16.1 Å². The summed E-state index contributed by atoms with van der Waals surface area (Å²) in [7, 11) is 1.61. The number of halogens is 3. The topological polar surface area (TPSA) is 33.5 Å². The molecule has 0 fully saturated rings. The predicted octanol–water partition coefficient (Wildman–Crippen LogP) is 4.77. The minimum Gasteiger partial charge on any atom is -0.465 e. The van der Waals surface area contributed by atoms with Crippen LogP contribution in [0.2, 0.25) is 0 Å². The zero-order valence-electron chi connectivity index (χ0n) is 12.7. The van der Waals surface area contributed by atoms with Gasteiger partial charge in [-0.05, 0) is 54.4 Å². The van der Waals surface area contributed by atoms with Crippen LogP contribution in [0.15, 0.2) is 27.1 Å². The van der Waals surface area contributed by atoms with E-state index in [1.807, 2.05) is 0 Å². The number of amides is 1. The molecule has 22 heavy (non-hydrogen) atoms. The highest BCUT2D eigenvalue weighted by Crippen LogP contribution is 2.30. The molecule has 0 aliphatic carbocycles. The molecule has 2 rings (SSSR count). The largest absolute Gasteiger partial charge is 0.465 e. The lowest BCUT2D eigenvalue weighted by Gasteiger charge is -2.25. The van der Waals surface area contributed by atoms with Gasteiger partial charge in [-0.3, -0.25) is 4.79 Å². The zero-order chi connectivity index (χ0) is 16.6. The van der Waals surface area contributed by atoms with Crippen molar-refractivity contribution in [3.05, 3.63) is 57.0 Å². The average Bonchev–Trinajstić information content (AvgIpc) is 2.73. The molecule has 0 bridgehead atoms. The van der Waals surface area contributed by atoms with Crippen LogP contribution in [0, 0.1) is 25.5 Å². The first-order valence-corrected chi connectivity index (χ1v) is 7.51. The fourth-order valence-corrected chi connectivity index (χ4v) is 2.78. The van der Waals surface area contributed by atoms with Crippen LogP contribution >= 0.6 is 15.9 Å². The summed E-state index contributed by atoms with van der Waals surface area (Å²) in [6.45, 7) is 5.22. The first kappa shape index (κ1) is 16.7. The van der Waals surface area contributed by atoms with Gasteiger partial charge in [0.25, 0.3) is 5.91 Å². The van der Waals surface area contributed by atoms with Crippen molar-refractivity contribution in [2.24, 2.45) is 0 Å². The van der Waals surface area contributed by atoms with Gasteiger partial charge in [0, 0.05) is 7.05 Å². The monoisotopic (exact) mass is 371 g/mol. The van der Waals surface area contributed by atoms with Crippen LogP contribution in [0.25, 0.3) is 0 Å². The molecule has 0 aliphatic rings. The van der Waals surface area contributed by atoms with E-state index in [4.69, 9.17) is 4.42 Å².